The highest BCUT2D eigenvalue weighted by molar-refractivity contribution is 6.33. The number of aromatic nitrogens is 1. The number of pyridine rings is 1. The first kappa shape index (κ1) is 11.2. The quantitative estimate of drug-likeness (QED) is 0.853. The molecule has 1 aromatic rings. The molecule has 0 bridgehead atoms. The molecule has 0 spiro atoms. The Bertz CT molecular complexity index is 416. The van der Waals surface area contributed by atoms with Crippen molar-refractivity contribution in [3.05, 3.63) is 22.8 Å². The van der Waals surface area contributed by atoms with E-state index >= 15 is 0 Å². The number of halogens is 1. The fraction of sp³-hybridized carbons (Fsp3) is 0.455. The summed E-state index contributed by atoms with van der Waals surface area (Å²) in [6.07, 6.45) is 3.54. The SMILES string of the molecule is CC1CC(Nc2ncc(C(=O)O)cc2Cl)C1. The number of anilines is 1. The van der Waals surface area contributed by atoms with Crippen LogP contribution < -0.4 is 5.32 Å². The number of carboxylic acid groups (broad SMARTS) is 1. The average Bonchev–Trinajstić information content (AvgIpc) is 2.18. The second kappa shape index (κ2) is 4.29. The van der Waals surface area contributed by atoms with E-state index in [-0.39, 0.29) is 5.56 Å². The van der Waals surface area contributed by atoms with Crippen LogP contribution in [0.2, 0.25) is 5.02 Å². The van der Waals surface area contributed by atoms with Crippen LogP contribution in [0.15, 0.2) is 12.3 Å². The molecule has 86 valence electrons. The van der Waals surface area contributed by atoms with Gasteiger partial charge in [0.1, 0.15) is 5.82 Å². The normalized spacial score (nSPS) is 23.6. The van der Waals surface area contributed by atoms with E-state index < -0.39 is 5.97 Å². The zero-order chi connectivity index (χ0) is 11.7. The van der Waals surface area contributed by atoms with Crippen LogP contribution in [0.5, 0.6) is 0 Å². The minimum Gasteiger partial charge on any atom is -0.478 e. The summed E-state index contributed by atoms with van der Waals surface area (Å²) in [6, 6.07) is 1.83. The lowest BCUT2D eigenvalue weighted by Crippen LogP contribution is -2.34. The Hall–Kier alpha value is -1.29. The molecule has 1 aliphatic rings. The van der Waals surface area contributed by atoms with Crippen molar-refractivity contribution in [1.29, 1.82) is 0 Å². The molecule has 16 heavy (non-hydrogen) atoms. The molecule has 0 radical (unpaired) electrons. The topological polar surface area (TPSA) is 62.2 Å². The number of rotatable bonds is 3. The number of aromatic carboxylic acids is 1. The molecule has 4 nitrogen and oxygen atoms in total. The van der Waals surface area contributed by atoms with Gasteiger partial charge in [-0.25, -0.2) is 9.78 Å². The third kappa shape index (κ3) is 2.27. The number of hydrogen-bond acceptors (Lipinski definition) is 3. The molecule has 0 saturated heterocycles. The Labute approximate surface area is 98.6 Å². The van der Waals surface area contributed by atoms with Gasteiger partial charge in [-0.1, -0.05) is 18.5 Å². The number of nitrogens with one attached hydrogen (secondary N) is 1. The summed E-state index contributed by atoms with van der Waals surface area (Å²) < 4.78 is 0. The third-order valence-electron chi connectivity index (χ3n) is 2.80. The predicted molar refractivity (Wildman–Crippen MR) is 62.0 cm³/mol. The molecule has 0 amide bonds. The molecular weight excluding hydrogens is 228 g/mol. The van der Waals surface area contributed by atoms with E-state index in [2.05, 4.69) is 17.2 Å². The van der Waals surface area contributed by atoms with E-state index in [1.54, 1.807) is 0 Å². The smallest absolute Gasteiger partial charge is 0.337 e. The molecule has 1 heterocycles. The first-order valence-corrected chi connectivity index (χ1v) is 5.59. The van der Waals surface area contributed by atoms with Gasteiger partial charge in [-0.15, -0.1) is 0 Å². The van der Waals surface area contributed by atoms with Gasteiger partial charge in [0.05, 0.1) is 10.6 Å². The molecule has 0 aromatic carbocycles. The van der Waals surface area contributed by atoms with Gasteiger partial charge >= 0.3 is 5.97 Å². The van der Waals surface area contributed by atoms with Crippen LogP contribution in [0, 0.1) is 5.92 Å². The molecular formula is C11H13ClN2O2. The first-order valence-electron chi connectivity index (χ1n) is 5.21. The Morgan fingerprint density at radius 2 is 2.31 bits per heavy atom. The van der Waals surface area contributed by atoms with Crippen LogP contribution in [0.25, 0.3) is 0 Å². The van der Waals surface area contributed by atoms with E-state index in [0.717, 1.165) is 18.8 Å². The lowest BCUT2D eigenvalue weighted by molar-refractivity contribution is 0.0696. The molecule has 1 aromatic heterocycles. The molecule has 1 fully saturated rings. The molecule has 1 saturated carbocycles. The van der Waals surface area contributed by atoms with E-state index in [4.69, 9.17) is 16.7 Å². The fourth-order valence-electron chi connectivity index (χ4n) is 1.87. The predicted octanol–water partition coefficient (Wildman–Crippen LogP) is 2.64. The van der Waals surface area contributed by atoms with Crippen molar-refractivity contribution in [2.75, 3.05) is 5.32 Å². The Balaban J connectivity index is 2.07. The second-order valence-electron chi connectivity index (χ2n) is 4.28. The van der Waals surface area contributed by atoms with Gasteiger partial charge in [-0.05, 0) is 24.8 Å². The highest BCUT2D eigenvalue weighted by atomic mass is 35.5. The van der Waals surface area contributed by atoms with Gasteiger partial charge in [-0.3, -0.25) is 0 Å². The van der Waals surface area contributed by atoms with E-state index in [0.29, 0.717) is 16.9 Å². The zero-order valence-corrected chi connectivity index (χ0v) is 9.66. The summed E-state index contributed by atoms with van der Waals surface area (Å²) in [5.74, 6) is 0.302. The van der Waals surface area contributed by atoms with Crippen LogP contribution in [0.1, 0.15) is 30.1 Å². The first-order chi connectivity index (χ1) is 7.56. The Morgan fingerprint density at radius 3 is 2.81 bits per heavy atom. The highest BCUT2D eigenvalue weighted by Crippen LogP contribution is 2.31. The fourth-order valence-corrected chi connectivity index (χ4v) is 2.10. The largest absolute Gasteiger partial charge is 0.478 e. The number of hydrogen-bond donors (Lipinski definition) is 2. The highest BCUT2D eigenvalue weighted by Gasteiger charge is 2.25. The Kier molecular flexibility index (Phi) is 3.01. The average molecular weight is 241 g/mol. The maximum absolute atomic E-state index is 10.7. The number of nitrogens with zero attached hydrogens (tertiary/aromatic N) is 1. The molecule has 2 N–H and O–H groups in total. The van der Waals surface area contributed by atoms with Crippen LogP contribution >= 0.6 is 11.6 Å². The molecule has 5 heteroatoms. The monoisotopic (exact) mass is 240 g/mol. The Morgan fingerprint density at radius 1 is 1.62 bits per heavy atom. The number of carbonyl (C=O) groups is 1. The lowest BCUT2D eigenvalue weighted by atomic mass is 9.82. The van der Waals surface area contributed by atoms with Crippen LogP contribution in [0.3, 0.4) is 0 Å². The van der Waals surface area contributed by atoms with Crippen molar-refractivity contribution < 1.29 is 9.90 Å². The van der Waals surface area contributed by atoms with Gasteiger partial charge in [0.2, 0.25) is 0 Å². The maximum Gasteiger partial charge on any atom is 0.337 e. The maximum atomic E-state index is 10.7. The molecule has 0 aliphatic heterocycles. The van der Waals surface area contributed by atoms with Crippen LogP contribution in [-0.2, 0) is 0 Å². The summed E-state index contributed by atoms with van der Waals surface area (Å²) in [5, 5.41) is 12.3. The minimum absolute atomic E-state index is 0.109. The molecule has 2 rings (SSSR count). The third-order valence-corrected chi connectivity index (χ3v) is 3.09. The standard InChI is InChI=1S/C11H13ClN2O2/c1-6-2-8(3-6)14-10-9(12)4-7(5-13-10)11(15)16/h4-6,8H,2-3H2,1H3,(H,13,14)(H,15,16). The molecule has 1 aliphatic carbocycles. The number of carboxylic acids is 1. The van der Waals surface area contributed by atoms with Gasteiger partial charge in [0, 0.05) is 12.2 Å². The van der Waals surface area contributed by atoms with Gasteiger partial charge < -0.3 is 10.4 Å². The minimum atomic E-state index is -1.02. The second-order valence-corrected chi connectivity index (χ2v) is 4.68. The van der Waals surface area contributed by atoms with Crippen LogP contribution in [0.4, 0.5) is 5.82 Å². The van der Waals surface area contributed by atoms with Gasteiger partial charge in [-0.2, -0.15) is 0 Å². The lowest BCUT2D eigenvalue weighted by Gasteiger charge is -2.33. The van der Waals surface area contributed by atoms with Crippen molar-refractivity contribution in [3.8, 4) is 0 Å². The van der Waals surface area contributed by atoms with E-state index in [9.17, 15) is 4.79 Å². The summed E-state index contributed by atoms with van der Waals surface area (Å²) >= 11 is 5.95. The van der Waals surface area contributed by atoms with Crippen molar-refractivity contribution in [2.24, 2.45) is 5.92 Å². The van der Waals surface area contributed by atoms with Gasteiger partial charge in [0.25, 0.3) is 0 Å². The summed E-state index contributed by atoms with van der Waals surface area (Å²) in [5.41, 5.74) is 0.109. The van der Waals surface area contributed by atoms with Crippen molar-refractivity contribution in [2.45, 2.75) is 25.8 Å². The van der Waals surface area contributed by atoms with Crippen molar-refractivity contribution in [1.82, 2.24) is 4.98 Å². The summed E-state index contributed by atoms with van der Waals surface area (Å²) in [7, 11) is 0. The van der Waals surface area contributed by atoms with E-state index in [1.807, 2.05) is 0 Å². The molecule has 0 atom stereocenters. The van der Waals surface area contributed by atoms with Crippen molar-refractivity contribution in [3.63, 3.8) is 0 Å². The summed E-state index contributed by atoms with van der Waals surface area (Å²) in [4.78, 5) is 14.7. The summed E-state index contributed by atoms with van der Waals surface area (Å²) in [6.45, 7) is 2.20. The van der Waals surface area contributed by atoms with Crippen LogP contribution in [-0.4, -0.2) is 22.1 Å². The van der Waals surface area contributed by atoms with Crippen molar-refractivity contribution >= 4 is 23.4 Å². The van der Waals surface area contributed by atoms with E-state index in [1.165, 1.54) is 12.3 Å². The molecule has 0 unspecified atom stereocenters. The van der Waals surface area contributed by atoms with Gasteiger partial charge in [0.15, 0.2) is 0 Å². The zero-order valence-electron chi connectivity index (χ0n) is 8.90.